The number of carbonyl (C=O) groups excluding carboxylic acids is 2. The quantitative estimate of drug-likeness (QED) is 0.768. The Morgan fingerprint density at radius 3 is 2.96 bits per heavy atom. The molecule has 1 aliphatic heterocycles. The van der Waals surface area contributed by atoms with Crippen molar-refractivity contribution in [2.75, 3.05) is 19.0 Å². The van der Waals surface area contributed by atoms with E-state index in [0.717, 1.165) is 18.5 Å². The molecule has 0 unspecified atom stereocenters. The molecule has 0 bridgehead atoms. The summed E-state index contributed by atoms with van der Waals surface area (Å²) >= 11 is 0. The second kappa shape index (κ2) is 7.12. The van der Waals surface area contributed by atoms with E-state index in [1.807, 2.05) is 4.57 Å². The molecule has 1 aromatic carbocycles. The number of methoxy groups -OCH3 is 1. The number of rotatable bonds is 6. The molecule has 1 aromatic heterocycles. The minimum Gasteiger partial charge on any atom is -0.497 e. The van der Waals surface area contributed by atoms with E-state index in [1.165, 1.54) is 0 Å². The summed E-state index contributed by atoms with van der Waals surface area (Å²) in [4.78, 5) is 24.3. The molecule has 126 valence electrons. The van der Waals surface area contributed by atoms with E-state index < -0.39 is 5.92 Å². The molecule has 24 heavy (non-hydrogen) atoms. The summed E-state index contributed by atoms with van der Waals surface area (Å²) in [7, 11) is 1.57. The fourth-order valence-corrected chi connectivity index (χ4v) is 2.73. The largest absolute Gasteiger partial charge is 0.497 e. The number of anilines is 1. The number of fused-ring (bicyclic) bond motifs is 1. The summed E-state index contributed by atoms with van der Waals surface area (Å²) < 4.78 is 7.06. The van der Waals surface area contributed by atoms with Crippen LogP contribution in [0.25, 0.3) is 0 Å². The number of hydrogen-bond acceptors (Lipinski definition) is 5. The Morgan fingerprint density at radius 1 is 1.42 bits per heavy atom. The zero-order chi connectivity index (χ0) is 16.9. The van der Waals surface area contributed by atoms with Crippen molar-refractivity contribution in [3.8, 4) is 5.75 Å². The predicted octanol–water partition coefficient (Wildman–Crippen LogP) is 0.919. The van der Waals surface area contributed by atoms with Crippen LogP contribution < -0.4 is 15.4 Å². The van der Waals surface area contributed by atoms with Crippen molar-refractivity contribution in [3.05, 3.63) is 36.4 Å². The zero-order valence-electron chi connectivity index (χ0n) is 13.4. The molecule has 0 fully saturated rings. The molecule has 0 spiro atoms. The van der Waals surface area contributed by atoms with Gasteiger partial charge in [0.2, 0.25) is 11.8 Å². The van der Waals surface area contributed by atoms with Gasteiger partial charge in [0.25, 0.3) is 0 Å². The molecule has 8 heteroatoms. The van der Waals surface area contributed by atoms with Crippen LogP contribution in [0, 0.1) is 0 Å². The first-order valence-electron chi connectivity index (χ1n) is 7.75. The van der Waals surface area contributed by atoms with Crippen LogP contribution in [0.15, 0.2) is 30.9 Å². The Balaban J connectivity index is 1.63. The maximum absolute atomic E-state index is 12.5. The molecule has 2 N–H and O–H groups in total. The molecule has 1 aliphatic rings. The minimum atomic E-state index is -0.501. The van der Waals surface area contributed by atoms with Gasteiger partial charge in [-0.15, -0.1) is 10.2 Å². The highest BCUT2D eigenvalue weighted by Crippen LogP contribution is 2.34. The minimum absolute atomic E-state index is 0.136. The van der Waals surface area contributed by atoms with Gasteiger partial charge in [-0.2, -0.15) is 0 Å². The lowest BCUT2D eigenvalue weighted by Crippen LogP contribution is -2.35. The number of nitrogens with zero attached hydrogens (tertiary/aromatic N) is 3. The average Bonchev–Trinajstić information content (AvgIpc) is 3.10. The van der Waals surface area contributed by atoms with E-state index in [4.69, 9.17) is 4.74 Å². The number of aromatic nitrogens is 3. The molecular weight excluding hydrogens is 310 g/mol. The van der Waals surface area contributed by atoms with Gasteiger partial charge in [0, 0.05) is 25.2 Å². The number of amides is 2. The van der Waals surface area contributed by atoms with Gasteiger partial charge in [0.15, 0.2) is 0 Å². The van der Waals surface area contributed by atoms with E-state index in [2.05, 4.69) is 20.8 Å². The van der Waals surface area contributed by atoms with Gasteiger partial charge in [-0.05, 0) is 30.2 Å². The lowest BCUT2D eigenvalue weighted by molar-refractivity contribution is -0.126. The van der Waals surface area contributed by atoms with Gasteiger partial charge in [0.05, 0.1) is 13.0 Å². The monoisotopic (exact) mass is 329 g/mol. The number of carbonyl (C=O) groups is 2. The van der Waals surface area contributed by atoms with Crippen molar-refractivity contribution in [1.29, 1.82) is 0 Å². The van der Waals surface area contributed by atoms with Crippen molar-refractivity contribution in [3.63, 3.8) is 0 Å². The van der Waals surface area contributed by atoms with Gasteiger partial charge < -0.3 is 19.9 Å². The molecule has 1 atom stereocenters. The Hall–Kier alpha value is -2.90. The first-order chi connectivity index (χ1) is 11.7. The van der Waals surface area contributed by atoms with Gasteiger partial charge in [-0.1, -0.05) is 0 Å². The van der Waals surface area contributed by atoms with Crippen molar-refractivity contribution in [2.45, 2.75) is 25.3 Å². The highest BCUT2D eigenvalue weighted by Gasteiger charge is 2.30. The zero-order valence-corrected chi connectivity index (χ0v) is 13.4. The Morgan fingerprint density at radius 2 is 2.21 bits per heavy atom. The molecule has 0 saturated carbocycles. The first kappa shape index (κ1) is 16.0. The SMILES string of the molecule is COc1ccc2c(c1)[C@H](C(=O)NCCCn1cnnc1)CC(=O)N2. The van der Waals surface area contributed by atoms with Crippen molar-refractivity contribution in [1.82, 2.24) is 20.1 Å². The summed E-state index contributed by atoms with van der Waals surface area (Å²) in [6, 6.07) is 5.33. The number of nitrogens with one attached hydrogen (secondary N) is 2. The van der Waals surface area contributed by atoms with E-state index in [1.54, 1.807) is 38.0 Å². The molecule has 0 radical (unpaired) electrons. The summed E-state index contributed by atoms with van der Waals surface area (Å²) in [5.41, 5.74) is 1.45. The molecular formula is C16H19N5O3. The van der Waals surface area contributed by atoms with Crippen LogP contribution in [-0.4, -0.2) is 40.2 Å². The van der Waals surface area contributed by atoms with Crippen molar-refractivity contribution in [2.24, 2.45) is 0 Å². The van der Waals surface area contributed by atoms with Crippen LogP contribution in [-0.2, 0) is 16.1 Å². The fourth-order valence-electron chi connectivity index (χ4n) is 2.73. The maximum Gasteiger partial charge on any atom is 0.228 e. The molecule has 0 aliphatic carbocycles. The third kappa shape index (κ3) is 3.53. The van der Waals surface area contributed by atoms with E-state index >= 15 is 0 Å². The first-order valence-corrected chi connectivity index (χ1v) is 7.75. The van der Waals surface area contributed by atoms with Gasteiger partial charge in [0.1, 0.15) is 18.4 Å². The number of benzene rings is 1. The van der Waals surface area contributed by atoms with E-state index in [-0.39, 0.29) is 18.2 Å². The maximum atomic E-state index is 12.5. The van der Waals surface area contributed by atoms with Crippen LogP contribution in [0.2, 0.25) is 0 Å². The molecule has 2 amide bonds. The van der Waals surface area contributed by atoms with Gasteiger partial charge in [-0.25, -0.2) is 0 Å². The lowest BCUT2D eigenvalue weighted by Gasteiger charge is -2.25. The van der Waals surface area contributed by atoms with Crippen LogP contribution >= 0.6 is 0 Å². The normalized spacial score (nSPS) is 16.2. The summed E-state index contributed by atoms with van der Waals surface area (Å²) in [5.74, 6) is -0.144. The standard InChI is InChI=1S/C16H19N5O3/c1-24-11-3-4-14-12(7-11)13(8-15(22)20-14)16(23)17-5-2-6-21-9-18-19-10-21/h3-4,7,9-10,13H,2,5-6,8H2,1H3,(H,17,23)(H,20,22)/t13-/m1/s1. The van der Waals surface area contributed by atoms with Crippen molar-refractivity contribution < 1.29 is 14.3 Å². The topological polar surface area (TPSA) is 98.1 Å². The fraction of sp³-hybridized carbons (Fsp3) is 0.375. The Labute approximate surface area is 139 Å². The van der Waals surface area contributed by atoms with Crippen LogP contribution in [0.4, 0.5) is 5.69 Å². The van der Waals surface area contributed by atoms with Crippen LogP contribution in [0.5, 0.6) is 5.75 Å². The summed E-state index contributed by atoms with van der Waals surface area (Å²) in [6.07, 6.45) is 4.16. The molecule has 3 rings (SSSR count). The summed E-state index contributed by atoms with van der Waals surface area (Å²) in [5, 5.41) is 13.1. The van der Waals surface area contributed by atoms with Gasteiger partial charge >= 0.3 is 0 Å². The van der Waals surface area contributed by atoms with Crippen molar-refractivity contribution >= 4 is 17.5 Å². The second-order valence-corrected chi connectivity index (χ2v) is 5.60. The Kier molecular flexibility index (Phi) is 4.74. The second-order valence-electron chi connectivity index (χ2n) is 5.60. The lowest BCUT2D eigenvalue weighted by atomic mass is 9.89. The highest BCUT2D eigenvalue weighted by atomic mass is 16.5. The van der Waals surface area contributed by atoms with Crippen LogP contribution in [0.1, 0.15) is 24.3 Å². The smallest absolute Gasteiger partial charge is 0.228 e. The van der Waals surface area contributed by atoms with E-state index in [0.29, 0.717) is 18.0 Å². The highest BCUT2D eigenvalue weighted by molar-refractivity contribution is 6.01. The number of hydrogen-bond donors (Lipinski definition) is 2. The average molecular weight is 329 g/mol. The Bertz CT molecular complexity index is 729. The summed E-state index contributed by atoms with van der Waals surface area (Å²) in [6.45, 7) is 1.25. The third-order valence-corrected chi connectivity index (χ3v) is 3.97. The molecule has 2 aromatic rings. The molecule has 0 saturated heterocycles. The van der Waals surface area contributed by atoms with Crippen LogP contribution in [0.3, 0.4) is 0 Å². The van der Waals surface area contributed by atoms with E-state index in [9.17, 15) is 9.59 Å². The molecule has 2 heterocycles. The number of ether oxygens (including phenoxy) is 1. The third-order valence-electron chi connectivity index (χ3n) is 3.97. The van der Waals surface area contributed by atoms with Gasteiger partial charge in [-0.3, -0.25) is 9.59 Å². The predicted molar refractivity (Wildman–Crippen MR) is 86.6 cm³/mol. The number of aryl methyl sites for hydroxylation is 1. The molecule has 8 nitrogen and oxygen atoms in total.